The van der Waals surface area contributed by atoms with E-state index in [0.29, 0.717) is 11.6 Å². The first-order valence-corrected chi connectivity index (χ1v) is 8.68. The molecule has 3 rings (SSSR count). The number of hydrogen-bond donors (Lipinski definition) is 2. The van der Waals surface area contributed by atoms with Gasteiger partial charge in [0.05, 0.1) is 6.04 Å². The van der Waals surface area contributed by atoms with E-state index < -0.39 is 0 Å². The van der Waals surface area contributed by atoms with Gasteiger partial charge in [-0.25, -0.2) is 0 Å². The second kappa shape index (κ2) is 7.76. The number of ether oxygens (including phenoxy) is 2. The molecule has 0 saturated heterocycles. The van der Waals surface area contributed by atoms with Crippen molar-refractivity contribution in [3.8, 4) is 11.5 Å². The highest BCUT2D eigenvalue weighted by Crippen LogP contribution is 2.34. The minimum atomic E-state index is -0.0961. The molecule has 2 aromatic carbocycles. The fourth-order valence-corrected chi connectivity index (χ4v) is 2.88. The van der Waals surface area contributed by atoms with Crippen LogP contribution in [0.25, 0.3) is 0 Å². The monoisotopic (exact) mass is 361 g/mol. The zero-order chi connectivity index (χ0) is 17.8. The summed E-state index contributed by atoms with van der Waals surface area (Å²) in [7, 11) is 0. The van der Waals surface area contributed by atoms with Gasteiger partial charge in [0.15, 0.2) is 18.0 Å². The Morgan fingerprint density at radius 3 is 2.56 bits per heavy atom. The first-order chi connectivity index (χ1) is 12.0. The van der Waals surface area contributed by atoms with E-state index in [-0.39, 0.29) is 24.8 Å². The van der Waals surface area contributed by atoms with Crippen LogP contribution in [0.1, 0.15) is 37.1 Å². The van der Waals surface area contributed by atoms with Gasteiger partial charge in [-0.1, -0.05) is 29.8 Å². The zero-order valence-corrected chi connectivity index (χ0v) is 15.0. The van der Waals surface area contributed by atoms with Gasteiger partial charge in [0.1, 0.15) is 6.04 Å². The fourth-order valence-electron chi connectivity index (χ4n) is 2.75. The number of amides is 1. The quantitative estimate of drug-likeness (QED) is 0.831. The maximum absolute atomic E-state index is 12.2. The van der Waals surface area contributed by atoms with Crippen LogP contribution >= 0.6 is 11.6 Å². The molecule has 1 heterocycles. The van der Waals surface area contributed by atoms with E-state index in [4.69, 9.17) is 21.1 Å². The maximum Gasteiger partial charge on any atom is 0.275 e. The molecule has 5 nitrogen and oxygen atoms in total. The summed E-state index contributed by atoms with van der Waals surface area (Å²) in [6.45, 7) is 4.63. The van der Waals surface area contributed by atoms with Crippen molar-refractivity contribution in [1.82, 2.24) is 5.32 Å². The molecule has 0 aromatic heterocycles. The number of fused-ring (bicyclic) bond motifs is 1. The lowest BCUT2D eigenvalue weighted by molar-refractivity contribution is -0.682. The van der Waals surface area contributed by atoms with Gasteiger partial charge in [-0.2, -0.15) is 0 Å². The second-order valence-electron chi connectivity index (χ2n) is 6.18. The Hall–Kier alpha value is -2.24. The molecular formula is C19H22ClN2O3+. The molecule has 0 saturated carbocycles. The number of benzene rings is 2. The van der Waals surface area contributed by atoms with Crippen LogP contribution in [0.2, 0.25) is 5.02 Å². The lowest BCUT2D eigenvalue weighted by Crippen LogP contribution is -2.87. The van der Waals surface area contributed by atoms with E-state index in [2.05, 4.69) is 12.2 Å². The molecule has 1 aliphatic rings. The molecule has 2 aromatic rings. The molecular weight excluding hydrogens is 340 g/mol. The summed E-state index contributed by atoms with van der Waals surface area (Å²) in [6, 6.07) is 13.5. The SMILES string of the molecule is C[C@H]([NH2+]CC(=O)N[C@H](C)c1ccc2c(c1)OCO2)c1ccc(Cl)cc1. The van der Waals surface area contributed by atoms with Gasteiger partial charge in [-0.3, -0.25) is 4.79 Å². The predicted octanol–water partition coefficient (Wildman–Crippen LogP) is 2.57. The fraction of sp³-hybridized carbons (Fsp3) is 0.316. The van der Waals surface area contributed by atoms with Crippen LogP contribution < -0.4 is 20.1 Å². The smallest absolute Gasteiger partial charge is 0.275 e. The van der Waals surface area contributed by atoms with Crippen LogP contribution in [0.3, 0.4) is 0 Å². The van der Waals surface area contributed by atoms with E-state index in [1.165, 1.54) is 0 Å². The van der Waals surface area contributed by atoms with Crippen molar-refractivity contribution >= 4 is 17.5 Å². The number of carbonyl (C=O) groups excluding carboxylic acids is 1. The molecule has 6 heteroatoms. The summed E-state index contributed by atoms with van der Waals surface area (Å²) < 4.78 is 10.7. The summed E-state index contributed by atoms with van der Waals surface area (Å²) in [6.07, 6.45) is 0. The van der Waals surface area contributed by atoms with Gasteiger partial charge in [-0.15, -0.1) is 0 Å². The Bertz CT molecular complexity index is 749. The Morgan fingerprint density at radius 2 is 1.80 bits per heavy atom. The molecule has 1 amide bonds. The molecule has 2 atom stereocenters. The number of nitrogens with two attached hydrogens (primary N) is 1. The Morgan fingerprint density at radius 1 is 1.12 bits per heavy atom. The number of quaternary nitrogens is 1. The number of rotatable bonds is 6. The van der Waals surface area contributed by atoms with Crippen LogP contribution in [0.5, 0.6) is 11.5 Å². The summed E-state index contributed by atoms with van der Waals surface area (Å²) >= 11 is 5.90. The topological polar surface area (TPSA) is 64.2 Å². The Kier molecular flexibility index (Phi) is 5.46. The van der Waals surface area contributed by atoms with Gasteiger partial charge in [0, 0.05) is 10.6 Å². The highest BCUT2D eigenvalue weighted by Gasteiger charge is 2.18. The molecule has 0 aliphatic carbocycles. The van der Waals surface area contributed by atoms with E-state index >= 15 is 0 Å². The van der Waals surface area contributed by atoms with Gasteiger partial charge in [-0.05, 0) is 43.7 Å². The standard InChI is InChI=1S/C19H21ClN2O3/c1-12(14-3-6-16(20)7-4-14)21-10-19(23)22-13(2)15-5-8-17-18(9-15)25-11-24-17/h3-9,12-13,21H,10-11H2,1-2H3,(H,22,23)/p+1/t12-,13+/m0/s1. The largest absolute Gasteiger partial charge is 0.454 e. The van der Waals surface area contributed by atoms with Crippen molar-refractivity contribution in [2.45, 2.75) is 25.9 Å². The zero-order valence-electron chi connectivity index (χ0n) is 14.3. The van der Waals surface area contributed by atoms with E-state index in [1.807, 2.05) is 54.7 Å². The lowest BCUT2D eigenvalue weighted by Gasteiger charge is -2.16. The molecule has 0 unspecified atom stereocenters. The lowest BCUT2D eigenvalue weighted by atomic mass is 10.1. The predicted molar refractivity (Wildman–Crippen MR) is 95.8 cm³/mol. The minimum Gasteiger partial charge on any atom is -0.454 e. The number of hydrogen-bond acceptors (Lipinski definition) is 3. The van der Waals surface area contributed by atoms with Crippen molar-refractivity contribution in [3.05, 3.63) is 58.6 Å². The van der Waals surface area contributed by atoms with Crippen LogP contribution in [0.4, 0.5) is 0 Å². The van der Waals surface area contributed by atoms with Gasteiger partial charge < -0.3 is 20.1 Å². The molecule has 0 spiro atoms. The number of carbonyl (C=O) groups is 1. The first-order valence-electron chi connectivity index (χ1n) is 8.30. The van der Waals surface area contributed by atoms with Crippen LogP contribution in [0.15, 0.2) is 42.5 Å². The Labute approximate surface area is 152 Å². The maximum atomic E-state index is 12.2. The van der Waals surface area contributed by atoms with Crippen molar-refractivity contribution in [1.29, 1.82) is 0 Å². The molecule has 0 fully saturated rings. The van der Waals surface area contributed by atoms with E-state index in [0.717, 1.165) is 22.6 Å². The van der Waals surface area contributed by atoms with Crippen molar-refractivity contribution in [2.24, 2.45) is 0 Å². The summed E-state index contributed by atoms with van der Waals surface area (Å²) in [5, 5.41) is 5.73. The van der Waals surface area contributed by atoms with Crippen LogP contribution in [-0.4, -0.2) is 19.2 Å². The van der Waals surface area contributed by atoms with Crippen LogP contribution in [0, 0.1) is 0 Å². The molecule has 132 valence electrons. The number of halogens is 1. The highest BCUT2D eigenvalue weighted by molar-refractivity contribution is 6.30. The normalized spacial score (nSPS) is 14.8. The first kappa shape index (κ1) is 17.6. The number of nitrogens with one attached hydrogen (secondary N) is 1. The van der Waals surface area contributed by atoms with Gasteiger partial charge in [0.25, 0.3) is 5.91 Å². The third-order valence-corrected chi connectivity index (χ3v) is 4.58. The average molecular weight is 362 g/mol. The molecule has 3 N–H and O–H groups in total. The molecule has 1 aliphatic heterocycles. The second-order valence-corrected chi connectivity index (χ2v) is 6.62. The van der Waals surface area contributed by atoms with Gasteiger partial charge in [0.2, 0.25) is 6.79 Å². The van der Waals surface area contributed by atoms with Crippen molar-refractivity contribution in [3.63, 3.8) is 0 Å². The average Bonchev–Trinajstić information content (AvgIpc) is 3.08. The highest BCUT2D eigenvalue weighted by atomic mass is 35.5. The Balaban J connectivity index is 1.51. The summed E-state index contributed by atoms with van der Waals surface area (Å²) in [5.41, 5.74) is 2.13. The van der Waals surface area contributed by atoms with Crippen molar-refractivity contribution < 1.29 is 19.6 Å². The molecule has 0 radical (unpaired) electrons. The van der Waals surface area contributed by atoms with E-state index in [9.17, 15) is 4.79 Å². The molecule has 0 bridgehead atoms. The van der Waals surface area contributed by atoms with Crippen molar-refractivity contribution in [2.75, 3.05) is 13.3 Å². The summed E-state index contributed by atoms with van der Waals surface area (Å²) in [5.74, 6) is 1.46. The third-order valence-electron chi connectivity index (χ3n) is 4.33. The summed E-state index contributed by atoms with van der Waals surface area (Å²) in [4.78, 5) is 12.2. The van der Waals surface area contributed by atoms with Crippen LogP contribution in [-0.2, 0) is 4.79 Å². The minimum absolute atomic E-state index is 0.00835. The van der Waals surface area contributed by atoms with E-state index in [1.54, 1.807) is 0 Å². The third kappa shape index (κ3) is 4.44. The van der Waals surface area contributed by atoms with Gasteiger partial charge >= 0.3 is 0 Å². The molecule has 25 heavy (non-hydrogen) atoms.